The maximum atomic E-state index is 6.46. The number of halogens is 4. The first-order chi connectivity index (χ1) is 14.5. The Morgan fingerprint density at radius 3 is 2.20 bits per heavy atom. The topological polar surface area (TPSA) is 47.9 Å². The van der Waals surface area contributed by atoms with Crippen molar-refractivity contribution in [3.8, 4) is 28.4 Å². The van der Waals surface area contributed by atoms with Crippen LogP contribution in [0.2, 0.25) is 20.2 Å². The van der Waals surface area contributed by atoms with E-state index in [2.05, 4.69) is 15.0 Å². The van der Waals surface area contributed by atoms with Crippen molar-refractivity contribution in [2.24, 2.45) is 0 Å². The monoisotopic (exact) mass is 475 g/mol. The maximum Gasteiger partial charge on any atom is 0.317 e. The summed E-state index contributed by atoms with van der Waals surface area (Å²) in [6.07, 6.45) is 3.34. The molecule has 0 amide bonds. The Bertz CT molecular complexity index is 1180. The van der Waals surface area contributed by atoms with Crippen LogP contribution >= 0.6 is 46.4 Å². The quantitative estimate of drug-likeness (QED) is 0.281. The zero-order valence-corrected chi connectivity index (χ0v) is 18.3. The van der Waals surface area contributed by atoms with Crippen molar-refractivity contribution in [2.45, 2.75) is 6.61 Å². The van der Waals surface area contributed by atoms with Gasteiger partial charge in [-0.3, -0.25) is 0 Å². The van der Waals surface area contributed by atoms with Crippen molar-refractivity contribution in [3.63, 3.8) is 0 Å². The molecular formula is C22H13Cl4N3O. The fourth-order valence-corrected chi connectivity index (χ4v) is 3.54. The molecule has 0 atom stereocenters. The van der Waals surface area contributed by atoms with Crippen LogP contribution in [0.15, 0.2) is 67.0 Å². The van der Waals surface area contributed by atoms with Gasteiger partial charge in [-0.15, -0.1) is 0 Å². The Morgan fingerprint density at radius 2 is 1.50 bits per heavy atom. The second-order valence-electron chi connectivity index (χ2n) is 6.32. The molecule has 0 aliphatic heterocycles. The van der Waals surface area contributed by atoms with E-state index in [1.54, 1.807) is 30.6 Å². The molecule has 0 spiro atoms. The van der Waals surface area contributed by atoms with Crippen LogP contribution in [0.1, 0.15) is 5.56 Å². The van der Waals surface area contributed by atoms with Crippen molar-refractivity contribution >= 4 is 46.4 Å². The van der Waals surface area contributed by atoms with Crippen LogP contribution < -0.4 is 4.74 Å². The van der Waals surface area contributed by atoms with Crippen LogP contribution in [-0.4, -0.2) is 15.0 Å². The molecule has 2 aromatic carbocycles. The van der Waals surface area contributed by atoms with Crippen LogP contribution in [0.25, 0.3) is 22.4 Å². The highest BCUT2D eigenvalue weighted by Gasteiger charge is 2.15. The molecule has 0 aliphatic rings. The Hall–Kier alpha value is -2.37. The Morgan fingerprint density at radius 1 is 0.733 bits per heavy atom. The molecule has 30 heavy (non-hydrogen) atoms. The highest BCUT2D eigenvalue weighted by Crippen LogP contribution is 2.36. The normalized spacial score (nSPS) is 10.8. The van der Waals surface area contributed by atoms with Gasteiger partial charge in [-0.25, -0.2) is 9.97 Å². The van der Waals surface area contributed by atoms with Crippen molar-refractivity contribution < 1.29 is 4.74 Å². The Labute approximate surface area is 193 Å². The molecular weight excluding hydrogens is 464 g/mol. The van der Waals surface area contributed by atoms with E-state index in [-0.39, 0.29) is 12.6 Å². The predicted octanol–water partition coefficient (Wildman–Crippen LogP) is 7.40. The van der Waals surface area contributed by atoms with E-state index in [4.69, 9.17) is 51.1 Å². The molecule has 8 heteroatoms. The van der Waals surface area contributed by atoms with E-state index in [1.807, 2.05) is 36.4 Å². The molecule has 2 heterocycles. The van der Waals surface area contributed by atoms with Crippen LogP contribution in [0.4, 0.5) is 0 Å². The number of aromatic nitrogens is 3. The summed E-state index contributed by atoms with van der Waals surface area (Å²) in [5.74, 6) is 0. The largest absolute Gasteiger partial charge is 0.459 e. The lowest BCUT2D eigenvalue weighted by molar-refractivity contribution is 0.281. The van der Waals surface area contributed by atoms with Crippen LogP contribution in [-0.2, 0) is 6.61 Å². The lowest BCUT2D eigenvalue weighted by atomic mass is 10.0. The Balaban J connectivity index is 1.73. The maximum absolute atomic E-state index is 6.46. The summed E-state index contributed by atoms with van der Waals surface area (Å²) in [6, 6.07) is 16.4. The van der Waals surface area contributed by atoms with Gasteiger partial charge >= 0.3 is 6.01 Å². The van der Waals surface area contributed by atoms with Crippen molar-refractivity contribution in [3.05, 3.63) is 92.8 Å². The number of rotatable bonds is 5. The summed E-state index contributed by atoms with van der Waals surface area (Å²) in [7, 11) is 0. The predicted molar refractivity (Wildman–Crippen MR) is 122 cm³/mol. The second kappa shape index (κ2) is 9.19. The SMILES string of the molecule is Clc1ccc(-c2cnc(OCc3ccc(Cl)nc3)nc2-c2ccc(Cl)cc2Cl)cc1. The minimum absolute atomic E-state index is 0.212. The summed E-state index contributed by atoms with van der Waals surface area (Å²) >= 11 is 24.4. The molecule has 0 saturated carbocycles. The molecule has 0 saturated heterocycles. The highest BCUT2D eigenvalue weighted by atomic mass is 35.5. The minimum atomic E-state index is 0.212. The first-order valence-electron chi connectivity index (χ1n) is 8.81. The van der Waals surface area contributed by atoms with Crippen LogP contribution in [0.5, 0.6) is 6.01 Å². The minimum Gasteiger partial charge on any atom is -0.459 e. The fraction of sp³-hybridized carbons (Fsp3) is 0.0455. The average Bonchev–Trinajstić information content (AvgIpc) is 2.74. The van der Waals surface area contributed by atoms with E-state index < -0.39 is 0 Å². The van der Waals surface area contributed by atoms with Gasteiger partial charge in [0.15, 0.2) is 0 Å². The summed E-state index contributed by atoms with van der Waals surface area (Å²) < 4.78 is 5.77. The molecule has 4 nitrogen and oxygen atoms in total. The molecule has 0 unspecified atom stereocenters. The molecule has 0 aliphatic carbocycles. The van der Waals surface area contributed by atoms with Crippen molar-refractivity contribution in [1.29, 1.82) is 0 Å². The summed E-state index contributed by atoms with van der Waals surface area (Å²) in [6.45, 7) is 0.248. The summed E-state index contributed by atoms with van der Waals surface area (Å²) in [4.78, 5) is 13.0. The molecule has 0 fully saturated rings. The van der Waals surface area contributed by atoms with Crippen molar-refractivity contribution in [1.82, 2.24) is 15.0 Å². The summed E-state index contributed by atoms with van der Waals surface area (Å²) in [5, 5.41) is 2.08. The molecule has 0 N–H and O–H groups in total. The van der Waals surface area contributed by atoms with E-state index in [9.17, 15) is 0 Å². The molecule has 4 rings (SSSR count). The van der Waals surface area contributed by atoms with Crippen LogP contribution in [0.3, 0.4) is 0 Å². The standard InChI is InChI=1S/C22H13Cl4N3O/c23-15-4-2-14(3-5-15)18-11-28-22(30-12-13-1-8-20(26)27-10-13)29-21(18)17-7-6-16(24)9-19(17)25/h1-11H,12H2. The average molecular weight is 477 g/mol. The van der Waals surface area contributed by atoms with Gasteiger partial charge in [-0.05, 0) is 42.0 Å². The molecule has 150 valence electrons. The van der Waals surface area contributed by atoms with Gasteiger partial charge in [0.25, 0.3) is 0 Å². The van der Waals surface area contributed by atoms with Crippen molar-refractivity contribution in [2.75, 3.05) is 0 Å². The lowest BCUT2D eigenvalue weighted by Crippen LogP contribution is -2.02. The summed E-state index contributed by atoms with van der Waals surface area (Å²) in [5.41, 5.74) is 3.87. The van der Waals surface area contributed by atoms with Gasteiger partial charge in [-0.1, -0.05) is 64.6 Å². The van der Waals surface area contributed by atoms with E-state index in [1.165, 1.54) is 0 Å². The lowest BCUT2D eigenvalue weighted by Gasteiger charge is -2.13. The van der Waals surface area contributed by atoms with Gasteiger partial charge in [0.05, 0.1) is 10.7 Å². The van der Waals surface area contributed by atoms with Gasteiger partial charge in [0.2, 0.25) is 0 Å². The third-order valence-electron chi connectivity index (χ3n) is 4.26. The van der Waals surface area contributed by atoms with Gasteiger partial charge in [-0.2, -0.15) is 4.98 Å². The Kier molecular flexibility index (Phi) is 6.40. The number of benzene rings is 2. The van der Waals surface area contributed by atoms with Gasteiger partial charge < -0.3 is 4.74 Å². The zero-order chi connectivity index (χ0) is 21.1. The van der Waals surface area contributed by atoms with Crippen LogP contribution in [0, 0.1) is 0 Å². The first kappa shape index (κ1) is 20.9. The molecule has 0 bridgehead atoms. The number of ether oxygens (including phenoxy) is 1. The number of nitrogens with zero attached hydrogens (tertiary/aromatic N) is 3. The third kappa shape index (κ3) is 4.85. The van der Waals surface area contributed by atoms with E-state index >= 15 is 0 Å². The fourth-order valence-electron chi connectivity index (χ4n) is 2.80. The number of hydrogen-bond donors (Lipinski definition) is 0. The molecule has 0 radical (unpaired) electrons. The highest BCUT2D eigenvalue weighted by molar-refractivity contribution is 6.36. The van der Waals surface area contributed by atoms with E-state index in [0.29, 0.717) is 31.5 Å². The third-order valence-corrected chi connectivity index (χ3v) is 5.29. The first-order valence-corrected chi connectivity index (χ1v) is 10.3. The molecule has 4 aromatic rings. The smallest absolute Gasteiger partial charge is 0.317 e. The second-order valence-corrected chi connectivity index (χ2v) is 7.99. The van der Waals surface area contributed by atoms with E-state index in [0.717, 1.165) is 16.7 Å². The zero-order valence-electron chi connectivity index (χ0n) is 15.3. The number of hydrogen-bond acceptors (Lipinski definition) is 4. The number of pyridine rings is 1. The molecule has 2 aromatic heterocycles. The van der Waals surface area contributed by atoms with Gasteiger partial charge in [0, 0.05) is 39.1 Å². The van der Waals surface area contributed by atoms with Gasteiger partial charge in [0.1, 0.15) is 11.8 Å².